The van der Waals surface area contributed by atoms with Gasteiger partial charge in [-0.3, -0.25) is 4.79 Å². The van der Waals surface area contributed by atoms with Gasteiger partial charge in [-0.1, -0.05) is 23.7 Å². The number of rotatable bonds is 4. The molecule has 0 aliphatic carbocycles. The van der Waals surface area contributed by atoms with E-state index in [2.05, 4.69) is 0 Å². The number of hydrogen-bond donors (Lipinski definition) is 0. The average molecular weight is 400 g/mol. The summed E-state index contributed by atoms with van der Waals surface area (Å²) in [7, 11) is -4.01. The fourth-order valence-electron chi connectivity index (χ4n) is 3.04. The van der Waals surface area contributed by atoms with Gasteiger partial charge in [0.05, 0.1) is 4.90 Å². The van der Waals surface area contributed by atoms with E-state index in [1.54, 1.807) is 24.3 Å². The Balaban J connectivity index is 1.83. The monoisotopic (exact) mass is 399 g/mol. The lowest BCUT2D eigenvalue weighted by Crippen LogP contribution is -2.42. The fourth-order valence-corrected chi connectivity index (χ4v) is 4.77. The minimum atomic E-state index is -4.01. The number of ketones is 1. The topological polar surface area (TPSA) is 54.5 Å². The van der Waals surface area contributed by atoms with Crippen LogP contribution in [0.5, 0.6) is 0 Å². The van der Waals surface area contributed by atoms with E-state index in [-0.39, 0.29) is 23.8 Å². The Bertz CT molecular complexity index is 949. The highest BCUT2D eigenvalue weighted by Gasteiger charge is 2.34. The lowest BCUT2D eigenvalue weighted by atomic mass is 9.91. The first-order valence-electron chi connectivity index (χ1n) is 8.04. The van der Waals surface area contributed by atoms with Crippen LogP contribution in [0.2, 0.25) is 5.02 Å². The van der Waals surface area contributed by atoms with Crippen LogP contribution in [-0.2, 0) is 10.0 Å². The van der Waals surface area contributed by atoms with E-state index in [0.29, 0.717) is 29.5 Å². The zero-order valence-electron chi connectivity index (χ0n) is 13.7. The smallest absolute Gasteiger partial charge is 0.243 e. The Hall–Kier alpha value is -1.83. The molecule has 0 amide bonds. The van der Waals surface area contributed by atoms with Crippen LogP contribution in [0.3, 0.4) is 0 Å². The molecule has 1 aliphatic rings. The van der Waals surface area contributed by atoms with Crippen molar-refractivity contribution in [2.75, 3.05) is 13.1 Å². The zero-order valence-corrected chi connectivity index (χ0v) is 15.2. The Morgan fingerprint density at radius 3 is 2.58 bits per heavy atom. The number of carbonyl (C=O) groups is 1. The van der Waals surface area contributed by atoms with Crippen LogP contribution in [0, 0.1) is 17.6 Å². The van der Waals surface area contributed by atoms with Gasteiger partial charge in [0.1, 0.15) is 0 Å². The summed E-state index contributed by atoms with van der Waals surface area (Å²) in [6.07, 6.45) is 1.05. The molecular weight excluding hydrogens is 384 g/mol. The molecule has 1 saturated heterocycles. The van der Waals surface area contributed by atoms with Crippen molar-refractivity contribution in [3.8, 4) is 0 Å². The SMILES string of the molecule is O=C(c1cccc(Cl)c1)C1CCCN(S(=O)(=O)c2ccc(F)c(F)c2)C1. The van der Waals surface area contributed by atoms with E-state index in [4.69, 9.17) is 11.6 Å². The van der Waals surface area contributed by atoms with Gasteiger partial charge in [0.2, 0.25) is 10.0 Å². The molecule has 0 saturated carbocycles. The van der Waals surface area contributed by atoms with Crippen LogP contribution >= 0.6 is 11.6 Å². The van der Waals surface area contributed by atoms with E-state index >= 15 is 0 Å². The summed E-state index contributed by atoms with van der Waals surface area (Å²) in [6, 6.07) is 8.96. The Labute approximate surface area is 155 Å². The molecule has 0 radical (unpaired) electrons. The van der Waals surface area contributed by atoms with Gasteiger partial charge in [-0.25, -0.2) is 17.2 Å². The highest BCUT2D eigenvalue weighted by atomic mass is 35.5. The minimum Gasteiger partial charge on any atom is -0.294 e. The first kappa shape index (κ1) is 18.9. The van der Waals surface area contributed by atoms with Crippen molar-refractivity contribution in [2.45, 2.75) is 17.7 Å². The summed E-state index contributed by atoms with van der Waals surface area (Å²) in [4.78, 5) is 12.3. The zero-order chi connectivity index (χ0) is 18.9. The molecule has 1 heterocycles. The quantitative estimate of drug-likeness (QED) is 0.732. The predicted molar refractivity (Wildman–Crippen MR) is 93.6 cm³/mol. The van der Waals surface area contributed by atoms with Crippen molar-refractivity contribution < 1.29 is 22.0 Å². The van der Waals surface area contributed by atoms with Gasteiger partial charge in [0.15, 0.2) is 17.4 Å². The van der Waals surface area contributed by atoms with Crippen molar-refractivity contribution >= 4 is 27.4 Å². The van der Waals surface area contributed by atoms with Gasteiger partial charge in [0.25, 0.3) is 0 Å². The van der Waals surface area contributed by atoms with Crippen molar-refractivity contribution in [2.24, 2.45) is 5.92 Å². The van der Waals surface area contributed by atoms with E-state index < -0.39 is 27.6 Å². The van der Waals surface area contributed by atoms with Gasteiger partial charge < -0.3 is 0 Å². The second-order valence-corrected chi connectivity index (χ2v) is 8.53. The van der Waals surface area contributed by atoms with Gasteiger partial charge >= 0.3 is 0 Å². The third kappa shape index (κ3) is 3.79. The fraction of sp³-hybridized carbons (Fsp3) is 0.278. The molecule has 8 heteroatoms. The molecule has 0 bridgehead atoms. The molecule has 0 N–H and O–H groups in total. The maximum atomic E-state index is 13.4. The number of benzene rings is 2. The number of hydrogen-bond acceptors (Lipinski definition) is 3. The Morgan fingerprint density at radius 1 is 1.12 bits per heavy atom. The standard InChI is InChI=1S/C18H16ClF2NO3S/c19-14-5-1-3-12(9-14)18(23)13-4-2-8-22(11-13)26(24,25)15-6-7-16(20)17(21)10-15/h1,3,5-7,9-10,13H,2,4,8,11H2. The lowest BCUT2D eigenvalue weighted by Gasteiger charge is -2.31. The summed E-state index contributed by atoms with van der Waals surface area (Å²) >= 11 is 5.91. The number of halogens is 3. The van der Waals surface area contributed by atoms with Gasteiger partial charge in [-0.2, -0.15) is 4.31 Å². The van der Waals surface area contributed by atoms with Gasteiger partial charge in [-0.15, -0.1) is 0 Å². The van der Waals surface area contributed by atoms with E-state index in [9.17, 15) is 22.0 Å². The summed E-state index contributed by atoms with van der Waals surface area (Å²) in [5, 5.41) is 0.429. The maximum Gasteiger partial charge on any atom is 0.243 e. The highest BCUT2D eigenvalue weighted by Crippen LogP contribution is 2.27. The molecule has 1 fully saturated rings. The molecule has 0 aromatic heterocycles. The van der Waals surface area contributed by atoms with Crippen LogP contribution < -0.4 is 0 Å². The van der Waals surface area contributed by atoms with Crippen molar-refractivity contribution in [3.05, 3.63) is 64.7 Å². The first-order chi connectivity index (χ1) is 12.3. The lowest BCUT2D eigenvalue weighted by molar-refractivity contribution is 0.0872. The van der Waals surface area contributed by atoms with Crippen LogP contribution in [0.1, 0.15) is 23.2 Å². The Kier molecular flexibility index (Phi) is 5.41. The highest BCUT2D eigenvalue weighted by molar-refractivity contribution is 7.89. The Morgan fingerprint density at radius 2 is 1.88 bits per heavy atom. The number of carbonyl (C=O) groups excluding carboxylic acids is 1. The normalized spacial score (nSPS) is 18.7. The molecule has 2 aromatic rings. The summed E-state index contributed by atoms with van der Waals surface area (Å²) in [6.45, 7) is 0.216. The van der Waals surface area contributed by atoms with E-state index in [0.717, 1.165) is 16.4 Å². The number of sulfonamides is 1. The van der Waals surface area contributed by atoms with Crippen molar-refractivity contribution in [1.82, 2.24) is 4.31 Å². The number of nitrogens with zero attached hydrogens (tertiary/aromatic N) is 1. The molecule has 0 spiro atoms. The molecule has 4 nitrogen and oxygen atoms in total. The molecular formula is C18H16ClF2NO3S. The molecule has 3 rings (SSSR count). The summed E-state index contributed by atoms with van der Waals surface area (Å²) < 4.78 is 53.1. The van der Waals surface area contributed by atoms with Crippen LogP contribution in [0.25, 0.3) is 0 Å². The van der Waals surface area contributed by atoms with Gasteiger partial charge in [0, 0.05) is 29.6 Å². The first-order valence-corrected chi connectivity index (χ1v) is 9.86. The van der Waals surface area contributed by atoms with Crippen LogP contribution in [-0.4, -0.2) is 31.6 Å². The maximum absolute atomic E-state index is 13.4. The van der Waals surface area contributed by atoms with Crippen LogP contribution in [0.4, 0.5) is 8.78 Å². The second-order valence-electron chi connectivity index (χ2n) is 6.15. The second kappa shape index (κ2) is 7.42. The molecule has 1 atom stereocenters. The number of Topliss-reactive ketones (excluding diaryl/α,β-unsaturated/α-hetero) is 1. The molecule has 1 unspecified atom stereocenters. The third-order valence-electron chi connectivity index (χ3n) is 4.39. The van der Waals surface area contributed by atoms with E-state index in [1.165, 1.54) is 0 Å². The average Bonchev–Trinajstić information content (AvgIpc) is 2.63. The summed E-state index contributed by atoms with van der Waals surface area (Å²) in [5.41, 5.74) is 0.426. The number of piperidine rings is 1. The predicted octanol–water partition coefficient (Wildman–Crippen LogP) is 3.90. The molecule has 138 valence electrons. The summed E-state index contributed by atoms with van der Waals surface area (Å²) in [5.74, 6) is -3.04. The van der Waals surface area contributed by atoms with Crippen molar-refractivity contribution in [1.29, 1.82) is 0 Å². The third-order valence-corrected chi connectivity index (χ3v) is 6.49. The largest absolute Gasteiger partial charge is 0.294 e. The molecule has 2 aromatic carbocycles. The van der Waals surface area contributed by atoms with Gasteiger partial charge in [-0.05, 0) is 43.2 Å². The van der Waals surface area contributed by atoms with E-state index in [1.807, 2.05) is 0 Å². The van der Waals surface area contributed by atoms with Crippen molar-refractivity contribution in [3.63, 3.8) is 0 Å². The van der Waals surface area contributed by atoms with Crippen LogP contribution in [0.15, 0.2) is 47.4 Å². The minimum absolute atomic E-state index is 0.00727. The molecule has 1 aliphatic heterocycles. The molecule has 26 heavy (non-hydrogen) atoms.